The van der Waals surface area contributed by atoms with Crippen molar-refractivity contribution in [1.29, 1.82) is 0 Å². The molecule has 0 aliphatic rings. The Morgan fingerprint density at radius 3 is 2.43 bits per heavy atom. The van der Waals surface area contributed by atoms with Crippen LogP contribution in [0.4, 0.5) is 0 Å². The van der Waals surface area contributed by atoms with Gasteiger partial charge < -0.3 is 15.0 Å². The molecule has 6 heteroatoms. The molecule has 2 amide bonds. The topological polar surface area (TPSA) is 58.6 Å². The van der Waals surface area contributed by atoms with Gasteiger partial charge in [0.1, 0.15) is 11.8 Å². The summed E-state index contributed by atoms with van der Waals surface area (Å²) < 4.78 is 5.93. The van der Waals surface area contributed by atoms with E-state index in [0.29, 0.717) is 23.7 Å². The van der Waals surface area contributed by atoms with E-state index in [9.17, 15) is 9.59 Å². The molecular formula is C29H33ClN2O3. The fourth-order valence-electron chi connectivity index (χ4n) is 3.84. The van der Waals surface area contributed by atoms with Crippen LogP contribution in [0, 0.1) is 13.8 Å². The van der Waals surface area contributed by atoms with E-state index >= 15 is 0 Å². The molecule has 0 aliphatic carbocycles. The lowest BCUT2D eigenvalue weighted by Gasteiger charge is -2.31. The van der Waals surface area contributed by atoms with E-state index in [1.54, 1.807) is 11.0 Å². The zero-order valence-corrected chi connectivity index (χ0v) is 21.3. The van der Waals surface area contributed by atoms with Crippen molar-refractivity contribution < 1.29 is 14.3 Å². The first-order valence-corrected chi connectivity index (χ1v) is 12.3. The first-order chi connectivity index (χ1) is 16.9. The van der Waals surface area contributed by atoms with E-state index in [2.05, 4.69) is 5.32 Å². The van der Waals surface area contributed by atoms with Crippen LogP contribution in [0.5, 0.6) is 5.75 Å². The Hall–Kier alpha value is -3.31. The maximum atomic E-state index is 13.6. The highest BCUT2D eigenvalue weighted by Crippen LogP contribution is 2.21. The normalized spacial score (nSPS) is 11.5. The van der Waals surface area contributed by atoms with E-state index in [0.717, 1.165) is 28.7 Å². The average Bonchev–Trinajstić information content (AvgIpc) is 2.85. The van der Waals surface area contributed by atoms with Gasteiger partial charge in [0.05, 0.1) is 0 Å². The molecule has 5 nitrogen and oxygen atoms in total. The molecule has 0 bridgehead atoms. The van der Waals surface area contributed by atoms with Gasteiger partial charge in [-0.15, -0.1) is 0 Å². The molecule has 184 valence electrons. The number of hydrogen-bond acceptors (Lipinski definition) is 3. The Morgan fingerprint density at radius 1 is 0.971 bits per heavy atom. The van der Waals surface area contributed by atoms with Gasteiger partial charge in [-0.05, 0) is 60.7 Å². The van der Waals surface area contributed by atoms with Crippen LogP contribution in [-0.4, -0.2) is 35.9 Å². The average molecular weight is 493 g/mol. The lowest BCUT2D eigenvalue weighted by molar-refractivity contribution is -0.142. The van der Waals surface area contributed by atoms with Crippen LogP contribution in [0.3, 0.4) is 0 Å². The predicted octanol–water partition coefficient (Wildman–Crippen LogP) is 5.50. The molecule has 35 heavy (non-hydrogen) atoms. The standard InChI is InChI=1S/C29H33ClN2O3/c1-4-15-31-29(34)26(18-23-9-6-5-7-10-23)32(19-24-11-8-12-25(30)17-24)28(33)20-35-27-16-21(2)13-14-22(27)3/h5-14,16-17,26H,4,15,18-20H2,1-3H3,(H,31,34). The summed E-state index contributed by atoms with van der Waals surface area (Å²) in [7, 11) is 0. The van der Waals surface area contributed by atoms with Crippen LogP contribution >= 0.6 is 11.6 Å². The molecule has 0 spiro atoms. The third kappa shape index (κ3) is 7.86. The Balaban J connectivity index is 1.91. The summed E-state index contributed by atoms with van der Waals surface area (Å²) in [6.45, 7) is 6.54. The molecule has 0 saturated heterocycles. The van der Waals surface area contributed by atoms with Crippen molar-refractivity contribution in [2.45, 2.75) is 46.2 Å². The molecule has 0 radical (unpaired) electrons. The van der Waals surface area contributed by atoms with Crippen molar-refractivity contribution in [2.75, 3.05) is 13.2 Å². The minimum atomic E-state index is -0.697. The van der Waals surface area contributed by atoms with Gasteiger partial charge in [-0.1, -0.05) is 73.1 Å². The minimum Gasteiger partial charge on any atom is -0.483 e. The molecule has 1 N–H and O–H groups in total. The smallest absolute Gasteiger partial charge is 0.261 e. The molecular weight excluding hydrogens is 460 g/mol. The second kappa shape index (κ2) is 13.0. The number of nitrogens with one attached hydrogen (secondary N) is 1. The Morgan fingerprint density at radius 2 is 1.71 bits per heavy atom. The largest absolute Gasteiger partial charge is 0.483 e. The van der Waals surface area contributed by atoms with Crippen LogP contribution in [-0.2, 0) is 22.6 Å². The molecule has 0 aromatic heterocycles. The van der Waals surface area contributed by atoms with Gasteiger partial charge in [-0.2, -0.15) is 0 Å². The predicted molar refractivity (Wildman–Crippen MR) is 141 cm³/mol. The number of carbonyl (C=O) groups excluding carboxylic acids is 2. The van der Waals surface area contributed by atoms with Crippen LogP contribution in [0.15, 0.2) is 72.8 Å². The molecule has 0 heterocycles. The number of aryl methyl sites for hydroxylation is 2. The van der Waals surface area contributed by atoms with Gasteiger partial charge in [-0.25, -0.2) is 0 Å². The number of nitrogens with zero attached hydrogens (tertiary/aromatic N) is 1. The van der Waals surface area contributed by atoms with Crippen molar-refractivity contribution in [3.8, 4) is 5.75 Å². The molecule has 1 atom stereocenters. The molecule has 3 aromatic carbocycles. The van der Waals surface area contributed by atoms with Crippen molar-refractivity contribution >= 4 is 23.4 Å². The molecule has 0 aliphatic heterocycles. The van der Waals surface area contributed by atoms with Crippen molar-refractivity contribution in [2.24, 2.45) is 0 Å². The molecule has 1 unspecified atom stereocenters. The van der Waals surface area contributed by atoms with Crippen LogP contribution in [0.25, 0.3) is 0 Å². The van der Waals surface area contributed by atoms with Gasteiger partial charge in [-0.3, -0.25) is 9.59 Å². The van der Waals surface area contributed by atoms with Crippen molar-refractivity contribution in [3.05, 3.63) is 100 Å². The first kappa shape index (κ1) is 26.3. The summed E-state index contributed by atoms with van der Waals surface area (Å²) in [6.07, 6.45) is 1.20. The van der Waals surface area contributed by atoms with Crippen LogP contribution in [0.2, 0.25) is 5.02 Å². The number of benzene rings is 3. The molecule has 0 fully saturated rings. The van der Waals surface area contributed by atoms with Crippen LogP contribution in [0.1, 0.15) is 35.6 Å². The van der Waals surface area contributed by atoms with E-state index in [1.807, 2.05) is 87.5 Å². The van der Waals surface area contributed by atoms with Gasteiger partial charge >= 0.3 is 0 Å². The van der Waals surface area contributed by atoms with Gasteiger partial charge in [0.2, 0.25) is 5.91 Å². The summed E-state index contributed by atoms with van der Waals surface area (Å²) in [6, 6.07) is 22.3. The summed E-state index contributed by atoms with van der Waals surface area (Å²) >= 11 is 6.21. The number of amides is 2. The van der Waals surface area contributed by atoms with Crippen molar-refractivity contribution in [3.63, 3.8) is 0 Å². The number of rotatable bonds is 11. The fourth-order valence-corrected chi connectivity index (χ4v) is 4.05. The molecule has 3 aromatic rings. The number of hydrogen-bond donors (Lipinski definition) is 1. The highest BCUT2D eigenvalue weighted by atomic mass is 35.5. The SMILES string of the molecule is CCCNC(=O)C(Cc1ccccc1)N(Cc1cccc(Cl)c1)C(=O)COc1cc(C)ccc1C. The summed E-state index contributed by atoms with van der Waals surface area (Å²) in [5, 5.41) is 3.56. The van der Waals surface area contributed by atoms with Crippen molar-refractivity contribution in [1.82, 2.24) is 10.2 Å². The highest BCUT2D eigenvalue weighted by Gasteiger charge is 2.30. The second-order valence-electron chi connectivity index (χ2n) is 8.71. The fraction of sp³-hybridized carbons (Fsp3) is 0.310. The number of halogens is 1. The van der Waals surface area contributed by atoms with Gasteiger partial charge in [0.25, 0.3) is 5.91 Å². The maximum absolute atomic E-state index is 13.6. The third-order valence-electron chi connectivity index (χ3n) is 5.76. The highest BCUT2D eigenvalue weighted by molar-refractivity contribution is 6.30. The first-order valence-electron chi connectivity index (χ1n) is 11.9. The lowest BCUT2D eigenvalue weighted by Crippen LogP contribution is -2.51. The summed E-state index contributed by atoms with van der Waals surface area (Å²) in [4.78, 5) is 28.5. The lowest BCUT2D eigenvalue weighted by atomic mass is 10.0. The van der Waals surface area contributed by atoms with E-state index in [4.69, 9.17) is 16.3 Å². The zero-order valence-electron chi connectivity index (χ0n) is 20.6. The summed E-state index contributed by atoms with van der Waals surface area (Å²) in [5.41, 5.74) is 3.82. The molecule has 0 saturated carbocycles. The van der Waals surface area contributed by atoms with E-state index < -0.39 is 6.04 Å². The summed E-state index contributed by atoms with van der Waals surface area (Å²) in [5.74, 6) is 0.215. The Bertz CT molecular complexity index is 1130. The number of carbonyl (C=O) groups is 2. The Labute approximate surface area is 213 Å². The number of ether oxygens (including phenoxy) is 1. The zero-order chi connectivity index (χ0) is 25.2. The quantitative estimate of drug-likeness (QED) is 0.384. The monoisotopic (exact) mass is 492 g/mol. The second-order valence-corrected chi connectivity index (χ2v) is 9.14. The van der Waals surface area contributed by atoms with E-state index in [-0.39, 0.29) is 25.0 Å². The van der Waals surface area contributed by atoms with Crippen LogP contribution < -0.4 is 10.1 Å². The maximum Gasteiger partial charge on any atom is 0.261 e. The molecule has 3 rings (SSSR count). The third-order valence-corrected chi connectivity index (χ3v) is 5.99. The minimum absolute atomic E-state index is 0.169. The van der Waals surface area contributed by atoms with Gasteiger partial charge in [0, 0.05) is 24.5 Å². The van der Waals surface area contributed by atoms with E-state index in [1.165, 1.54) is 0 Å². The van der Waals surface area contributed by atoms with Gasteiger partial charge in [0.15, 0.2) is 6.61 Å². The Kier molecular flexibility index (Phi) is 9.74.